The molecule has 1 amide bonds. The van der Waals surface area contributed by atoms with Gasteiger partial charge in [0.25, 0.3) is 5.91 Å². The first kappa shape index (κ1) is 17.2. The number of rotatable bonds is 6. The summed E-state index contributed by atoms with van der Waals surface area (Å²) in [7, 11) is 1.29. The predicted molar refractivity (Wildman–Crippen MR) is 90.6 cm³/mol. The van der Waals surface area contributed by atoms with Crippen molar-refractivity contribution in [2.24, 2.45) is 0 Å². The minimum Gasteiger partial charge on any atom is -0.465 e. The van der Waals surface area contributed by atoms with E-state index in [4.69, 9.17) is 0 Å². The Bertz CT molecular complexity index is 699. The molecule has 0 saturated carbocycles. The molecule has 1 aromatic carbocycles. The first-order chi connectivity index (χ1) is 11.1. The summed E-state index contributed by atoms with van der Waals surface area (Å²) >= 11 is 2.21. The molecule has 1 heterocycles. The maximum atomic E-state index is 12.7. The van der Waals surface area contributed by atoms with Crippen LogP contribution in [-0.2, 0) is 9.53 Å². The number of thiophene rings is 1. The van der Waals surface area contributed by atoms with Crippen LogP contribution in [0.1, 0.15) is 30.9 Å². The molecule has 0 saturated heterocycles. The molecule has 23 heavy (non-hydrogen) atoms. The number of hydrogen-bond donors (Lipinski definition) is 0. The van der Waals surface area contributed by atoms with E-state index in [2.05, 4.69) is 4.74 Å². The van der Waals surface area contributed by atoms with Crippen LogP contribution in [0, 0.1) is 0 Å². The Hall–Kier alpha value is -2.12. The molecular formula is C16H15NO4S2. The molecule has 2 rings (SSSR count). The van der Waals surface area contributed by atoms with Crippen molar-refractivity contribution in [1.29, 1.82) is 0 Å². The van der Waals surface area contributed by atoms with Gasteiger partial charge in [-0.2, -0.15) is 0 Å². The molecule has 120 valence electrons. The Kier molecular flexibility index (Phi) is 5.95. The van der Waals surface area contributed by atoms with E-state index >= 15 is 0 Å². The van der Waals surface area contributed by atoms with Crippen molar-refractivity contribution in [3.63, 3.8) is 0 Å². The van der Waals surface area contributed by atoms with Crippen LogP contribution in [0.15, 0.2) is 42.5 Å². The summed E-state index contributed by atoms with van der Waals surface area (Å²) in [6, 6.07) is 11.5. The lowest BCUT2D eigenvalue weighted by Crippen LogP contribution is -2.29. The first-order valence-electron chi connectivity index (χ1n) is 6.68. The van der Waals surface area contributed by atoms with Crippen molar-refractivity contribution >= 4 is 41.4 Å². The number of nitrogens with zero attached hydrogens (tertiary/aromatic N) is 1. The van der Waals surface area contributed by atoms with Gasteiger partial charge in [0.15, 0.2) is 0 Å². The van der Waals surface area contributed by atoms with Crippen LogP contribution in [0.5, 0.6) is 0 Å². The molecular weight excluding hydrogens is 334 g/mol. The average Bonchev–Trinajstić information content (AvgIpc) is 3.09. The molecule has 7 heteroatoms. The van der Waals surface area contributed by atoms with Crippen LogP contribution in [0.3, 0.4) is 0 Å². The third-order valence-electron chi connectivity index (χ3n) is 3.12. The Morgan fingerprint density at radius 2 is 1.83 bits per heavy atom. The zero-order valence-corrected chi connectivity index (χ0v) is 14.2. The largest absolute Gasteiger partial charge is 0.465 e. The van der Waals surface area contributed by atoms with Gasteiger partial charge in [-0.1, -0.05) is 30.3 Å². The van der Waals surface area contributed by atoms with E-state index in [0.29, 0.717) is 9.75 Å². The van der Waals surface area contributed by atoms with Crippen molar-refractivity contribution < 1.29 is 19.1 Å². The molecule has 0 fully saturated rings. The summed E-state index contributed by atoms with van der Waals surface area (Å²) in [5.74, 6) is -0.807. The second-order valence-electron chi connectivity index (χ2n) is 4.46. The summed E-state index contributed by atoms with van der Waals surface area (Å²) in [6.45, 7) is 0. The maximum absolute atomic E-state index is 12.7. The lowest BCUT2D eigenvalue weighted by atomic mass is 10.1. The molecule has 5 nitrogen and oxygen atoms in total. The number of amides is 1. The Morgan fingerprint density at radius 1 is 1.17 bits per heavy atom. The lowest BCUT2D eigenvalue weighted by molar-refractivity contribution is -0.110. The SMILES string of the molecule is COC(=O)c1ccc(C(=O)N(SC)C(C=O)c2ccccc2)s1. The summed E-state index contributed by atoms with van der Waals surface area (Å²) in [4.78, 5) is 36.4. The number of ether oxygens (including phenoxy) is 1. The molecule has 0 bridgehead atoms. The van der Waals surface area contributed by atoms with E-state index in [-0.39, 0.29) is 5.91 Å². The standard InChI is InChI=1S/C16H15NO4S2/c1-21-16(20)14-9-8-13(23-14)15(19)17(22-2)12(10-18)11-6-4-3-5-7-11/h3-10,12H,1-2H3. The van der Waals surface area contributed by atoms with Crippen molar-refractivity contribution in [2.75, 3.05) is 13.4 Å². The van der Waals surface area contributed by atoms with Gasteiger partial charge in [0.1, 0.15) is 17.2 Å². The Balaban J connectivity index is 2.29. The second-order valence-corrected chi connectivity index (χ2v) is 6.30. The molecule has 1 aromatic heterocycles. The van der Waals surface area contributed by atoms with Crippen molar-refractivity contribution in [1.82, 2.24) is 4.31 Å². The highest BCUT2D eigenvalue weighted by molar-refractivity contribution is 7.96. The minimum absolute atomic E-state index is 0.321. The van der Waals surface area contributed by atoms with Crippen LogP contribution in [0.25, 0.3) is 0 Å². The number of benzene rings is 1. The van der Waals surface area contributed by atoms with Crippen LogP contribution >= 0.6 is 23.3 Å². The summed E-state index contributed by atoms with van der Waals surface area (Å²) in [5.41, 5.74) is 0.731. The molecule has 0 spiro atoms. The third-order valence-corrected chi connectivity index (χ3v) is 4.96. The molecule has 2 aromatic rings. The maximum Gasteiger partial charge on any atom is 0.348 e. The van der Waals surface area contributed by atoms with E-state index in [1.54, 1.807) is 30.5 Å². The fourth-order valence-corrected chi connectivity index (χ4v) is 3.60. The number of carbonyl (C=O) groups is 3. The molecule has 0 aliphatic heterocycles. The van der Waals surface area contributed by atoms with Crippen molar-refractivity contribution in [3.8, 4) is 0 Å². The van der Waals surface area contributed by atoms with Gasteiger partial charge in [0.2, 0.25) is 0 Å². The number of carbonyl (C=O) groups excluding carboxylic acids is 3. The number of esters is 1. The van der Waals surface area contributed by atoms with Crippen LogP contribution in [0.2, 0.25) is 0 Å². The smallest absolute Gasteiger partial charge is 0.348 e. The van der Waals surface area contributed by atoms with E-state index < -0.39 is 12.0 Å². The molecule has 0 aliphatic rings. The first-order valence-corrected chi connectivity index (χ1v) is 8.68. The van der Waals surface area contributed by atoms with Gasteiger partial charge < -0.3 is 9.53 Å². The number of aldehydes is 1. The highest BCUT2D eigenvalue weighted by Gasteiger charge is 2.27. The summed E-state index contributed by atoms with van der Waals surface area (Å²) in [5, 5.41) is 0. The van der Waals surface area contributed by atoms with Gasteiger partial charge in [-0.15, -0.1) is 11.3 Å². The van der Waals surface area contributed by atoms with Gasteiger partial charge in [-0.3, -0.25) is 9.10 Å². The van der Waals surface area contributed by atoms with E-state index in [1.165, 1.54) is 23.4 Å². The Morgan fingerprint density at radius 3 is 2.39 bits per heavy atom. The Labute approximate surface area is 142 Å². The highest BCUT2D eigenvalue weighted by Crippen LogP contribution is 2.29. The number of methoxy groups -OCH3 is 1. The van der Waals surface area contributed by atoms with E-state index in [0.717, 1.165) is 23.2 Å². The van der Waals surface area contributed by atoms with Gasteiger partial charge in [-0.25, -0.2) is 4.79 Å². The summed E-state index contributed by atoms with van der Waals surface area (Å²) < 4.78 is 6.04. The quantitative estimate of drug-likeness (QED) is 0.455. The predicted octanol–water partition coefficient (Wildman–Crippen LogP) is 3.20. The van der Waals surface area contributed by atoms with E-state index in [9.17, 15) is 14.4 Å². The van der Waals surface area contributed by atoms with Crippen LogP contribution in [0.4, 0.5) is 0 Å². The van der Waals surface area contributed by atoms with Crippen LogP contribution < -0.4 is 0 Å². The fraction of sp³-hybridized carbons (Fsp3) is 0.188. The highest BCUT2D eigenvalue weighted by atomic mass is 32.2. The van der Waals surface area contributed by atoms with Crippen molar-refractivity contribution in [2.45, 2.75) is 6.04 Å². The van der Waals surface area contributed by atoms with Gasteiger partial charge in [0.05, 0.1) is 12.0 Å². The lowest BCUT2D eigenvalue weighted by Gasteiger charge is -2.25. The number of hydrogen-bond acceptors (Lipinski definition) is 6. The molecule has 1 atom stereocenters. The minimum atomic E-state index is -0.692. The normalized spacial score (nSPS) is 11.6. The van der Waals surface area contributed by atoms with Gasteiger partial charge >= 0.3 is 5.97 Å². The molecule has 0 radical (unpaired) electrons. The zero-order valence-electron chi connectivity index (χ0n) is 12.6. The topological polar surface area (TPSA) is 63.7 Å². The summed E-state index contributed by atoms with van der Waals surface area (Å²) in [6.07, 6.45) is 2.46. The van der Waals surface area contributed by atoms with E-state index in [1.807, 2.05) is 18.2 Å². The third kappa shape index (κ3) is 3.80. The fourth-order valence-electron chi connectivity index (χ4n) is 2.01. The second kappa shape index (κ2) is 7.94. The molecule has 1 unspecified atom stereocenters. The monoisotopic (exact) mass is 349 g/mol. The molecule has 0 aliphatic carbocycles. The van der Waals surface area contributed by atoms with Crippen LogP contribution in [-0.4, -0.2) is 35.8 Å². The molecule has 0 N–H and O–H groups in total. The van der Waals surface area contributed by atoms with Gasteiger partial charge in [-0.05, 0) is 29.6 Å². The average molecular weight is 349 g/mol. The van der Waals surface area contributed by atoms with Gasteiger partial charge in [0, 0.05) is 6.26 Å². The van der Waals surface area contributed by atoms with Crippen molar-refractivity contribution in [3.05, 3.63) is 57.8 Å². The zero-order chi connectivity index (χ0) is 16.8.